The second-order valence-corrected chi connectivity index (χ2v) is 14.2. The summed E-state index contributed by atoms with van der Waals surface area (Å²) in [5.41, 5.74) is -0.833. The standard InChI is InChI=1S/C32H40Cl2N4O8/c1-31(2,3)46-29(43)35-24-10-8-6-4-5-7-9-18-14-32(18,28(41)42)36-26(39)25-13-19(15-38(25)27(24)40)45-30(44)37-16-20-21(17-37)23(34)12-11-22(20)33/h7,9,11-12,18-19,24-25H,4-6,8,10,13-17H2,1-3H3,(H,35,43)(H,36,39)(H,41,42)/b9-7-/t18-,19+,24-,25-,32+/m0/s1. The van der Waals surface area contributed by atoms with Gasteiger partial charge in [-0.15, -0.1) is 0 Å². The molecule has 5 rings (SSSR count). The van der Waals surface area contributed by atoms with Crippen LogP contribution in [-0.2, 0) is 36.9 Å². The SMILES string of the molecule is CC(C)(C)OC(=O)N[C@H]1CCCCC/C=C\[C@H]2C[C@@]2(C(=O)O)NC(=O)[C@@H]2C[C@@H](OC(=O)N3Cc4c(Cl)ccc(Cl)c4C3)CN2C1=O. The van der Waals surface area contributed by atoms with E-state index in [-0.39, 0.29) is 38.4 Å². The number of benzene rings is 1. The van der Waals surface area contributed by atoms with E-state index in [2.05, 4.69) is 10.6 Å². The van der Waals surface area contributed by atoms with Gasteiger partial charge in [0.25, 0.3) is 0 Å². The summed E-state index contributed by atoms with van der Waals surface area (Å²) >= 11 is 12.7. The Hall–Kier alpha value is -3.51. The van der Waals surface area contributed by atoms with Crippen LogP contribution < -0.4 is 10.6 Å². The highest BCUT2D eigenvalue weighted by molar-refractivity contribution is 6.34. The van der Waals surface area contributed by atoms with E-state index in [1.54, 1.807) is 32.9 Å². The lowest BCUT2D eigenvalue weighted by Gasteiger charge is -2.30. The molecule has 0 aromatic heterocycles. The molecule has 0 unspecified atom stereocenters. The lowest BCUT2D eigenvalue weighted by atomic mass is 10.0. The van der Waals surface area contributed by atoms with Gasteiger partial charge >= 0.3 is 18.2 Å². The van der Waals surface area contributed by atoms with Gasteiger partial charge in [0.15, 0.2) is 0 Å². The molecule has 46 heavy (non-hydrogen) atoms. The Balaban J connectivity index is 1.37. The molecule has 3 N–H and O–H groups in total. The van der Waals surface area contributed by atoms with Gasteiger partial charge in [0.05, 0.1) is 19.6 Å². The van der Waals surface area contributed by atoms with Gasteiger partial charge in [-0.05, 0) is 69.7 Å². The van der Waals surface area contributed by atoms with Crippen LogP contribution in [0.15, 0.2) is 24.3 Å². The Labute approximate surface area is 277 Å². The van der Waals surface area contributed by atoms with Crippen molar-refractivity contribution in [2.75, 3.05) is 6.54 Å². The lowest BCUT2D eigenvalue weighted by molar-refractivity contribution is -0.145. The number of alkyl carbamates (subject to hydrolysis) is 1. The number of fused-ring (bicyclic) bond motifs is 3. The first-order chi connectivity index (χ1) is 21.7. The molecule has 3 aliphatic heterocycles. The number of carboxylic acid groups (broad SMARTS) is 1. The summed E-state index contributed by atoms with van der Waals surface area (Å²) in [5.74, 6) is -2.74. The number of rotatable bonds is 3. The summed E-state index contributed by atoms with van der Waals surface area (Å²) in [6.45, 7) is 5.38. The number of ether oxygens (including phenoxy) is 2. The molecule has 1 saturated carbocycles. The van der Waals surface area contributed by atoms with Crippen molar-refractivity contribution in [1.29, 1.82) is 0 Å². The summed E-state index contributed by atoms with van der Waals surface area (Å²) in [7, 11) is 0. The van der Waals surface area contributed by atoms with Gasteiger partial charge in [0, 0.05) is 22.4 Å². The molecule has 1 aromatic carbocycles. The molecule has 2 fully saturated rings. The van der Waals surface area contributed by atoms with Gasteiger partial charge in [-0.25, -0.2) is 14.4 Å². The number of amides is 4. The zero-order valence-electron chi connectivity index (χ0n) is 26.1. The third kappa shape index (κ3) is 7.38. The number of allylic oxidation sites excluding steroid dienone is 1. The summed E-state index contributed by atoms with van der Waals surface area (Å²) in [6.07, 6.45) is 4.84. The van der Waals surface area contributed by atoms with Crippen molar-refractivity contribution in [3.8, 4) is 0 Å². The van der Waals surface area contributed by atoms with Crippen LogP contribution in [0.4, 0.5) is 9.59 Å². The molecular formula is C32H40Cl2N4O8. The third-order valence-corrected chi connectivity index (χ3v) is 9.56. The highest BCUT2D eigenvalue weighted by atomic mass is 35.5. The van der Waals surface area contributed by atoms with Gasteiger partial charge < -0.3 is 30.1 Å². The van der Waals surface area contributed by atoms with Crippen LogP contribution in [0.25, 0.3) is 0 Å². The molecule has 4 amide bonds. The van der Waals surface area contributed by atoms with Gasteiger partial charge in [0.1, 0.15) is 29.3 Å². The van der Waals surface area contributed by atoms with E-state index in [1.165, 1.54) is 9.80 Å². The number of aliphatic carboxylic acids is 1. The maximum Gasteiger partial charge on any atom is 0.410 e. The van der Waals surface area contributed by atoms with E-state index in [0.29, 0.717) is 22.9 Å². The van der Waals surface area contributed by atoms with Crippen molar-refractivity contribution < 1.29 is 38.6 Å². The first-order valence-electron chi connectivity index (χ1n) is 15.6. The number of hydrogen-bond donors (Lipinski definition) is 3. The zero-order chi connectivity index (χ0) is 33.4. The van der Waals surface area contributed by atoms with Crippen LogP contribution >= 0.6 is 23.2 Å². The fourth-order valence-corrected chi connectivity index (χ4v) is 6.83. The predicted octanol–water partition coefficient (Wildman–Crippen LogP) is 4.79. The Morgan fingerprint density at radius 2 is 1.74 bits per heavy atom. The summed E-state index contributed by atoms with van der Waals surface area (Å²) in [4.78, 5) is 69.0. The van der Waals surface area contributed by atoms with E-state index in [0.717, 1.165) is 30.4 Å². The second-order valence-electron chi connectivity index (χ2n) is 13.4. The van der Waals surface area contributed by atoms with Crippen LogP contribution in [0.2, 0.25) is 10.0 Å². The average Bonchev–Trinajstić information content (AvgIpc) is 3.29. The lowest BCUT2D eigenvalue weighted by Crippen LogP contribution is -2.56. The molecular weight excluding hydrogens is 639 g/mol. The molecule has 1 aliphatic carbocycles. The van der Waals surface area contributed by atoms with Crippen molar-refractivity contribution in [3.05, 3.63) is 45.5 Å². The normalized spacial score (nSPS) is 28.9. The van der Waals surface area contributed by atoms with Crippen molar-refractivity contribution in [2.45, 2.75) is 108 Å². The molecule has 1 saturated heterocycles. The third-order valence-electron chi connectivity index (χ3n) is 8.85. The number of nitrogens with one attached hydrogen (secondary N) is 2. The highest BCUT2D eigenvalue weighted by Gasteiger charge is 2.61. The summed E-state index contributed by atoms with van der Waals surface area (Å²) < 4.78 is 11.2. The number of carboxylic acids is 1. The Morgan fingerprint density at radius 1 is 1.07 bits per heavy atom. The van der Waals surface area contributed by atoms with Crippen molar-refractivity contribution in [3.63, 3.8) is 0 Å². The molecule has 12 nitrogen and oxygen atoms in total. The van der Waals surface area contributed by atoms with Crippen LogP contribution in [0.3, 0.4) is 0 Å². The number of carbonyl (C=O) groups is 5. The fraction of sp³-hybridized carbons (Fsp3) is 0.594. The Bertz CT molecular complexity index is 1410. The number of nitrogens with zero attached hydrogens (tertiary/aromatic N) is 2. The van der Waals surface area contributed by atoms with E-state index in [9.17, 15) is 29.1 Å². The van der Waals surface area contributed by atoms with Crippen LogP contribution in [0.1, 0.15) is 76.8 Å². The largest absolute Gasteiger partial charge is 0.479 e. The van der Waals surface area contributed by atoms with Gasteiger partial charge in [-0.3, -0.25) is 14.5 Å². The molecule has 4 aliphatic rings. The Kier molecular flexibility index (Phi) is 9.79. The first-order valence-corrected chi connectivity index (χ1v) is 16.4. The van der Waals surface area contributed by atoms with Crippen LogP contribution in [0, 0.1) is 5.92 Å². The second kappa shape index (κ2) is 13.3. The van der Waals surface area contributed by atoms with Gasteiger partial charge in [-0.2, -0.15) is 0 Å². The number of hydrogen-bond acceptors (Lipinski definition) is 7. The van der Waals surface area contributed by atoms with Gasteiger partial charge in [0.2, 0.25) is 11.8 Å². The van der Waals surface area contributed by atoms with Crippen molar-refractivity contribution >= 4 is 53.2 Å². The van der Waals surface area contributed by atoms with Gasteiger partial charge in [-0.1, -0.05) is 48.2 Å². The smallest absolute Gasteiger partial charge is 0.410 e. The first kappa shape index (κ1) is 33.8. The topological polar surface area (TPSA) is 155 Å². The number of carbonyl (C=O) groups excluding carboxylic acids is 4. The average molecular weight is 680 g/mol. The van der Waals surface area contributed by atoms with Crippen LogP contribution in [0.5, 0.6) is 0 Å². The van der Waals surface area contributed by atoms with Crippen LogP contribution in [-0.4, -0.2) is 80.7 Å². The zero-order valence-corrected chi connectivity index (χ0v) is 27.7. The van der Waals surface area contributed by atoms with E-state index in [4.69, 9.17) is 32.7 Å². The minimum absolute atomic E-state index is 0.0546. The molecule has 3 heterocycles. The molecule has 250 valence electrons. The molecule has 1 aromatic rings. The molecule has 0 bridgehead atoms. The van der Waals surface area contributed by atoms with E-state index < -0.39 is 59.3 Å². The molecule has 5 atom stereocenters. The van der Waals surface area contributed by atoms with E-state index in [1.807, 2.05) is 12.2 Å². The molecule has 14 heteroatoms. The summed E-state index contributed by atoms with van der Waals surface area (Å²) in [5, 5.41) is 16.4. The van der Waals surface area contributed by atoms with Crippen molar-refractivity contribution in [1.82, 2.24) is 20.4 Å². The maximum absolute atomic E-state index is 14.1. The van der Waals surface area contributed by atoms with Crippen molar-refractivity contribution in [2.24, 2.45) is 5.92 Å². The quantitative estimate of drug-likeness (QED) is 0.386. The minimum atomic E-state index is -1.48. The minimum Gasteiger partial charge on any atom is -0.479 e. The molecule has 0 spiro atoms. The monoisotopic (exact) mass is 678 g/mol. The maximum atomic E-state index is 14.1. The summed E-state index contributed by atoms with van der Waals surface area (Å²) in [6, 6.07) is 1.17. The molecule has 0 radical (unpaired) electrons. The van der Waals surface area contributed by atoms with E-state index >= 15 is 0 Å². The Morgan fingerprint density at radius 3 is 2.37 bits per heavy atom. The predicted molar refractivity (Wildman–Crippen MR) is 168 cm³/mol. The highest BCUT2D eigenvalue weighted by Crippen LogP contribution is 2.45. The number of halogens is 2. The fourth-order valence-electron chi connectivity index (χ4n) is 6.36.